The van der Waals surface area contributed by atoms with Gasteiger partial charge >= 0.3 is 7.60 Å². The molecule has 0 radical (unpaired) electrons. The third kappa shape index (κ3) is 22.7. The van der Waals surface area contributed by atoms with Gasteiger partial charge in [-0.25, -0.2) is 0 Å². The summed E-state index contributed by atoms with van der Waals surface area (Å²) in [7, 11) is -3.88. The molecule has 0 rings (SSSR count). The average Bonchev–Trinajstić information content (AvgIpc) is 2.13. The van der Waals surface area contributed by atoms with Crippen LogP contribution in [-0.2, 0) is 4.57 Å². The highest BCUT2D eigenvalue weighted by molar-refractivity contribution is 7.55. The van der Waals surface area contributed by atoms with Gasteiger partial charge in [0.25, 0.3) is 0 Å². The molecule has 0 amide bonds. The summed E-state index contributed by atoms with van der Waals surface area (Å²) >= 11 is 0. The molecule has 0 aliphatic carbocycles. The largest absolute Gasteiger partial charge is 0.348 e. The third-order valence-corrected chi connectivity index (χ3v) is 2.17. The van der Waals surface area contributed by atoms with Gasteiger partial charge in [-0.1, -0.05) is 59.0 Å². The summed E-state index contributed by atoms with van der Waals surface area (Å²) in [6, 6.07) is 0. The summed E-state index contributed by atoms with van der Waals surface area (Å²) in [5.74, 6) is 0.604. The molecule has 0 bridgehead atoms. The van der Waals surface area contributed by atoms with Crippen LogP contribution >= 0.6 is 7.60 Å². The summed E-state index contributed by atoms with van der Waals surface area (Å²) in [6.45, 7) is 7.38. The maximum atomic E-state index is 9.58. The van der Waals surface area contributed by atoms with Gasteiger partial charge < -0.3 is 9.79 Å². The van der Waals surface area contributed by atoms with Crippen LogP contribution in [0.1, 0.15) is 52.4 Å². The van der Waals surface area contributed by atoms with E-state index in [0.29, 0.717) is 5.82 Å². The Balaban J connectivity index is 0. The van der Waals surface area contributed by atoms with Crippen molar-refractivity contribution in [1.82, 2.24) is 0 Å². The topological polar surface area (TPSA) is 57.5 Å². The highest BCUT2D eigenvalue weighted by Gasteiger charge is 2.00. The van der Waals surface area contributed by atoms with Gasteiger partial charge in [0.2, 0.25) is 0 Å². The van der Waals surface area contributed by atoms with Crippen LogP contribution in [0.25, 0.3) is 0 Å². The Morgan fingerprint density at radius 3 is 1.50 bits per heavy atom. The molecule has 0 aliphatic heterocycles. The Morgan fingerprint density at radius 1 is 1.07 bits per heavy atom. The number of unbranched alkanes of at least 4 members (excludes halogenated alkanes) is 5. The minimum atomic E-state index is -3.88. The summed E-state index contributed by atoms with van der Waals surface area (Å²) in [5.41, 5.74) is 0. The number of hydrogen-bond donors (Lipinski definition) is 2. The van der Waals surface area contributed by atoms with Crippen LogP contribution in [0.15, 0.2) is 12.4 Å². The highest BCUT2D eigenvalue weighted by atomic mass is 31.2. The van der Waals surface area contributed by atoms with Gasteiger partial charge in [0, 0.05) is 5.82 Å². The number of rotatable bonds is 6. The van der Waals surface area contributed by atoms with E-state index in [2.05, 4.69) is 20.4 Å². The minimum Gasteiger partial charge on any atom is -0.321 e. The first-order valence-electron chi connectivity index (χ1n) is 5.16. The molecule has 0 saturated carbocycles. The lowest BCUT2D eigenvalue weighted by Crippen LogP contribution is -1.73. The minimum absolute atomic E-state index is 0.604. The SMILES string of the molecule is C=CP(=O)(O)O.CCCCCCCC. The Hall–Kier alpha value is -0.110. The molecule has 0 fully saturated rings. The smallest absolute Gasteiger partial charge is 0.321 e. The summed E-state index contributed by atoms with van der Waals surface area (Å²) in [4.78, 5) is 15.6. The van der Waals surface area contributed by atoms with Crippen LogP contribution in [0.5, 0.6) is 0 Å². The normalized spacial score (nSPS) is 10.3. The zero-order valence-electron chi connectivity index (χ0n) is 9.28. The first kappa shape index (κ1) is 16.3. The second kappa shape index (κ2) is 11.0. The van der Waals surface area contributed by atoms with Gasteiger partial charge in [0.1, 0.15) is 0 Å². The maximum absolute atomic E-state index is 9.58. The van der Waals surface area contributed by atoms with Gasteiger partial charge in [-0.15, -0.1) is 0 Å². The molecule has 86 valence electrons. The molecule has 2 N–H and O–H groups in total. The van der Waals surface area contributed by atoms with Crippen molar-refractivity contribution in [3.8, 4) is 0 Å². The van der Waals surface area contributed by atoms with Crippen molar-refractivity contribution in [3.63, 3.8) is 0 Å². The Kier molecular flexibility index (Phi) is 12.8. The van der Waals surface area contributed by atoms with Gasteiger partial charge in [-0.2, -0.15) is 0 Å². The van der Waals surface area contributed by atoms with E-state index in [-0.39, 0.29) is 0 Å². The predicted molar refractivity (Wildman–Crippen MR) is 61.3 cm³/mol. The van der Waals surface area contributed by atoms with Gasteiger partial charge in [-0.05, 0) is 0 Å². The second-order valence-corrected chi connectivity index (χ2v) is 4.73. The molecule has 0 heterocycles. The zero-order chi connectivity index (χ0) is 11.4. The van der Waals surface area contributed by atoms with E-state index in [9.17, 15) is 4.57 Å². The van der Waals surface area contributed by atoms with Crippen molar-refractivity contribution in [2.24, 2.45) is 0 Å². The average molecular weight is 222 g/mol. The lowest BCUT2D eigenvalue weighted by atomic mass is 10.1. The number of hydrogen-bond acceptors (Lipinski definition) is 1. The molecule has 0 saturated heterocycles. The second-order valence-electron chi connectivity index (χ2n) is 3.19. The molecule has 0 aromatic carbocycles. The molecule has 4 heteroatoms. The first-order chi connectivity index (χ1) is 6.47. The highest BCUT2D eigenvalue weighted by Crippen LogP contribution is 2.34. The summed E-state index contributed by atoms with van der Waals surface area (Å²) in [5, 5.41) is 0. The van der Waals surface area contributed by atoms with Gasteiger partial charge in [0.15, 0.2) is 0 Å². The maximum Gasteiger partial charge on any atom is 0.348 e. The zero-order valence-corrected chi connectivity index (χ0v) is 10.2. The molecule has 0 spiro atoms. The van der Waals surface area contributed by atoms with Gasteiger partial charge in [-0.3, -0.25) is 4.57 Å². The fraction of sp³-hybridized carbons (Fsp3) is 0.800. The van der Waals surface area contributed by atoms with E-state index in [1.54, 1.807) is 0 Å². The van der Waals surface area contributed by atoms with Crippen LogP contribution < -0.4 is 0 Å². The van der Waals surface area contributed by atoms with E-state index in [0.717, 1.165) is 0 Å². The van der Waals surface area contributed by atoms with Crippen LogP contribution in [-0.4, -0.2) is 9.79 Å². The first-order valence-corrected chi connectivity index (χ1v) is 6.84. The van der Waals surface area contributed by atoms with E-state index in [1.165, 1.54) is 38.5 Å². The summed E-state index contributed by atoms with van der Waals surface area (Å²) < 4.78 is 9.58. The molecular formula is C10H23O3P. The lowest BCUT2D eigenvalue weighted by molar-refractivity contribution is 0.386. The quantitative estimate of drug-likeness (QED) is 0.532. The molecule has 0 atom stereocenters. The molecule has 0 aromatic rings. The lowest BCUT2D eigenvalue weighted by Gasteiger charge is -1.93. The van der Waals surface area contributed by atoms with Crippen LogP contribution in [0.2, 0.25) is 0 Å². The standard InChI is InChI=1S/C8H18.C2H5O3P/c1-3-5-7-8-6-4-2;1-2-6(3,4)5/h3-8H2,1-2H3;2H,1H2,(H2,3,4,5). The fourth-order valence-corrected chi connectivity index (χ4v) is 0.854. The van der Waals surface area contributed by atoms with Crippen LogP contribution in [0.3, 0.4) is 0 Å². The Bertz CT molecular complexity index is 157. The Morgan fingerprint density at radius 2 is 1.36 bits per heavy atom. The molecule has 0 aliphatic rings. The van der Waals surface area contributed by atoms with Crippen molar-refractivity contribution < 1.29 is 14.4 Å². The Labute approximate surface area is 87.4 Å². The molecule has 0 unspecified atom stereocenters. The van der Waals surface area contributed by atoms with Crippen molar-refractivity contribution in [3.05, 3.63) is 12.4 Å². The fourth-order valence-electron chi connectivity index (χ4n) is 0.854. The van der Waals surface area contributed by atoms with Crippen molar-refractivity contribution in [2.75, 3.05) is 0 Å². The van der Waals surface area contributed by atoms with Crippen LogP contribution in [0.4, 0.5) is 0 Å². The van der Waals surface area contributed by atoms with Crippen molar-refractivity contribution >= 4 is 7.60 Å². The van der Waals surface area contributed by atoms with E-state index in [4.69, 9.17) is 9.79 Å². The molecular weight excluding hydrogens is 199 g/mol. The van der Waals surface area contributed by atoms with E-state index in [1.807, 2.05) is 0 Å². The molecule has 3 nitrogen and oxygen atoms in total. The van der Waals surface area contributed by atoms with Crippen molar-refractivity contribution in [1.29, 1.82) is 0 Å². The third-order valence-electron chi connectivity index (χ3n) is 1.69. The van der Waals surface area contributed by atoms with E-state index < -0.39 is 7.60 Å². The molecule has 0 aromatic heterocycles. The van der Waals surface area contributed by atoms with Crippen molar-refractivity contribution in [2.45, 2.75) is 52.4 Å². The van der Waals surface area contributed by atoms with Crippen LogP contribution in [0, 0.1) is 0 Å². The monoisotopic (exact) mass is 222 g/mol. The summed E-state index contributed by atoms with van der Waals surface area (Å²) in [6.07, 6.45) is 8.49. The predicted octanol–water partition coefficient (Wildman–Crippen LogP) is 3.67. The van der Waals surface area contributed by atoms with Gasteiger partial charge in [0.05, 0.1) is 0 Å². The molecule has 14 heavy (non-hydrogen) atoms. The van der Waals surface area contributed by atoms with E-state index >= 15 is 0 Å².